The molecule has 0 bridgehead atoms. The van der Waals surface area contributed by atoms with E-state index in [4.69, 9.17) is 16.7 Å². The lowest BCUT2D eigenvalue weighted by molar-refractivity contribution is -0.146. The third kappa shape index (κ3) is 3.31. The second-order valence-corrected chi connectivity index (χ2v) is 5.65. The molecule has 1 aromatic rings. The van der Waals surface area contributed by atoms with Crippen molar-refractivity contribution in [2.75, 3.05) is 13.1 Å². The van der Waals surface area contributed by atoms with Crippen LogP contribution >= 0.6 is 11.6 Å². The van der Waals surface area contributed by atoms with Gasteiger partial charge in [-0.3, -0.25) is 9.59 Å². The number of carboxylic acids is 1. The molecule has 0 radical (unpaired) electrons. The number of hydrogen-bond acceptors (Lipinski definition) is 2. The van der Waals surface area contributed by atoms with Gasteiger partial charge in [-0.2, -0.15) is 0 Å². The van der Waals surface area contributed by atoms with E-state index in [-0.39, 0.29) is 17.7 Å². The van der Waals surface area contributed by atoms with Gasteiger partial charge < -0.3 is 10.0 Å². The Hall–Kier alpha value is -1.55. The molecule has 0 aliphatic carbocycles. The number of benzene rings is 1. The van der Waals surface area contributed by atoms with Crippen molar-refractivity contribution in [3.05, 3.63) is 34.9 Å². The molecule has 1 fully saturated rings. The summed E-state index contributed by atoms with van der Waals surface area (Å²) < 4.78 is 0. The van der Waals surface area contributed by atoms with Crippen LogP contribution in [0.2, 0.25) is 5.02 Å². The van der Waals surface area contributed by atoms with Crippen molar-refractivity contribution in [2.45, 2.75) is 25.7 Å². The third-order valence-electron chi connectivity index (χ3n) is 3.87. The summed E-state index contributed by atoms with van der Waals surface area (Å²) in [4.78, 5) is 25.1. The molecular weight excluding hydrogens is 278 g/mol. The standard InChI is InChI=1S/C15H18ClNO3/c1-10(12-3-2-4-13(16)9-12)14(18)17-7-5-11(6-8-17)15(19)20/h2-4,9-11H,5-8H2,1H3,(H,19,20). The van der Waals surface area contributed by atoms with Gasteiger partial charge in [0.25, 0.3) is 0 Å². The first-order chi connectivity index (χ1) is 9.49. The van der Waals surface area contributed by atoms with Gasteiger partial charge in [-0.1, -0.05) is 23.7 Å². The fraction of sp³-hybridized carbons (Fsp3) is 0.467. The molecule has 108 valence electrons. The zero-order chi connectivity index (χ0) is 14.7. The summed E-state index contributed by atoms with van der Waals surface area (Å²) in [5.41, 5.74) is 0.892. The normalized spacial score (nSPS) is 17.8. The average molecular weight is 296 g/mol. The maximum atomic E-state index is 12.4. The molecule has 20 heavy (non-hydrogen) atoms. The molecule has 0 spiro atoms. The Kier molecular flexibility index (Phi) is 4.65. The Morgan fingerprint density at radius 2 is 2.00 bits per heavy atom. The number of nitrogens with zero attached hydrogens (tertiary/aromatic N) is 1. The maximum absolute atomic E-state index is 12.4. The second-order valence-electron chi connectivity index (χ2n) is 5.21. The molecule has 4 nitrogen and oxygen atoms in total. The molecule has 1 aromatic carbocycles. The lowest BCUT2D eigenvalue weighted by Crippen LogP contribution is -2.42. The number of likely N-dealkylation sites (tertiary alicyclic amines) is 1. The van der Waals surface area contributed by atoms with Crippen LogP contribution in [0.4, 0.5) is 0 Å². The van der Waals surface area contributed by atoms with E-state index in [1.54, 1.807) is 17.0 Å². The van der Waals surface area contributed by atoms with Crippen LogP contribution in [0.3, 0.4) is 0 Å². The van der Waals surface area contributed by atoms with Gasteiger partial charge in [0.2, 0.25) is 5.91 Å². The highest BCUT2D eigenvalue weighted by molar-refractivity contribution is 6.30. The van der Waals surface area contributed by atoms with Gasteiger partial charge in [-0.25, -0.2) is 0 Å². The topological polar surface area (TPSA) is 57.6 Å². The Balaban J connectivity index is 2.00. The first-order valence-electron chi connectivity index (χ1n) is 6.76. The number of rotatable bonds is 3. The van der Waals surface area contributed by atoms with Crippen LogP contribution < -0.4 is 0 Å². The highest BCUT2D eigenvalue weighted by Crippen LogP contribution is 2.24. The quantitative estimate of drug-likeness (QED) is 0.933. The van der Waals surface area contributed by atoms with Gasteiger partial charge in [-0.15, -0.1) is 0 Å². The highest BCUT2D eigenvalue weighted by Gasteiger charge is 2.29. The first kappa shape index (κ1) is 14.9. The summed E-state index contributed by atoms with van der Waals surface area (Å²) in [6.45, 7) is 2.89. The second kappa shape index (κ2) is 6.27. The van der Waals surface area contributed by atoms with Crippen molar-refractivity contribution in [3.63, 3.8) is 0 Å². The van der Waals surface area contributed by atoms with Crippen LogP contribution in [0.5, 0.6) is 0 Å². The minimum atomic E-state index is -0.764. The van der Waals surface area contributed by atoms with E-state index in [2.05, 4.69) is 0 Å². The minimum absolute atomic E-state index is 0.0381. The number of hydrogen-bond donors (Lipinski definition) is 1. The van der Waals surface area contributed by atoms with Gasteiger partial charge in [-0.05, 0) is 37.5 Å². The monoisotopic (exact) mass is 295 g/mol. The lowest BCUT2D eigenvalue weighted by atomic mass is 9.94. The van der Waals surface area contributed by atoms with Crippen molar-refractivity contribution in [2.24, 2.45) is 5.92 Å². The van der Waals surface area contributed by atoms with Gasteiger partial charge in [0.05, 0.1) is 11.8 Å². The number of amides is 1. The van der Waals surface area contributed by atoms with Crippen LogP contribution in [0.15, 0.2) is 24.3 Å². The van der Waals surface area contributed by atoms with Crippen LogP contribution in [0, 0.1) is 5.92 Å². The van der Waals surface area contributed by atoms with E-state index < -0.39 is 5.97 Å². The van der Waals surface area contributed by atoms with Crippen molar-refractivity contribution in [3.8, 4) is 0 Å². The number of carbonyl (C=O) groups is 2. The summed E-state index contributed by atoms with van der Waals surface area (Å²) in [5, 5.41) is 9.58. The molecule has 1 unspecified atom stereocenters. The van der Waals surface area contributed by atoms with E-state index >= 15 is 0 Å². The molecule has 0 aromatic heterocycles. The largest absolute Gasteiger partial charge is 0.481 e. The summed E-state index contributed by atoms with van der Waals surface area (Å²) in [7, 11) is 0. The molecule has 1 atom stereocenters. The molecule has 0 saturated carbocycles. The smallest absolute Gasteiger partial charge is 0.306 e. The van der Waals surface area contributed by atoms with Gasteiger partial charge in [0.1, 0.15) is 0 Å². The summed E-state index contributed by atoms with van der Waals surface area (Å²) >= 11 is 5.94. The molecule has 1 saturated heterocycles. The number of aliphatic carboxylic acids is 1. The van der Waals surface area contributed by atoms with Gasteiger partial charge in [0.15, 0.2) is 0 Å². The Labute approximate surface area is 123 Å². The number of carbonyl (C=O) groups excluding carboxylic acids is 1. The van der Waals surface area contributed by atoms with E-state index in [9.17, 15) is 9.59 Å². The molecule has 1 aliphatic heterocycles. The Morgan fingerprint density at radius 3 is 2.55 bits per heavy atom. The van der Waals surface area contributed by atoms with Crippen LogP contribution in [-0.4, -0.2) is 35.0 Å². The fourth-order valence-corrected chi connectivity index (χ4v) is 2.74. The van der Waals surface area contributed by atoms with E-state index in [0.717, 1.165) is 5.56 Å². The van der Waals surface area contributed by atoms with E-state index in [0.29, 0.717) is 31.0 Å². The predicted molar refractivity (Wildman–Crippen MR) is 76.8 cm³/mol. The molecule has 1 amide bonds. The zero-order valence-corrected chi connectivity index (χ0v) is 12.1. The number of halogens is 1. The van der Waals surface area contributed by atoms with Gasteiger partial charge in [0, 0.05) is 18.1 Å². The number of carboxylic acid groups (broad SMARTS) is 1. The lowest BCUT2D eigenvalue weighted by Gasteiger charge is -2.32. The summed E-state index contributed by atoms with van der Waals surface area (Å²) in [6.07, 6.45) is 1.06. The van der Waals surface area contributed by atoms with Crippen molar-refractivity contribution in [1.29, 1.82) is 0 Å². The van der Waals surface area contributed by atoms with Crippen molar-refractivity contribution >= 4 is 23.5 Å². The molecular formula is C15H18ClNO3. The maximum Gasteiger partial charge on any atom is 0.306 e. The molecule has 1 N–H and O–H groups in total. The van der Waals surface area contributed by atoms with E-state index in [1.807, 2.05) is 19.1 Å². The number of piperidine rings is 1. The van der Waals surface area contributed by atoms with E-state index in [1.165, 1.54) is 0 Å². The fourth-order valence-electron chi connectivity index (χ4n) is 2.54. The summed E-state index contributed by atoms with van der Waals surface area (Å²) in [6, 6.07) is 7.30. The van der Waals surface area contributed by atoms with Gasteiger partial charge >= 0.3 is 5.97 Å². The predicted octanol–water partition coefficient (Wildman–Crippen LogP) is 2.77. The molecule has 1 heterocycles. The molecule has 1 aliphatic rings. The molecule has 5 heteroatoms. The minimum Gasteiger partial charge on any atom is -0.481 e. The van der Waals surface area contributed by atoms with Crippen molar-refractivity contribution < 1.29 is 14.7 Å². The SMILES string of the molecule is CC(C(=O)N1CCC(C(=O)O)CC1)c1cccc(Cl)c1. The zero-order valence-electron chi connectivity index (χ0n) is 11.4. The Morgan fingerprint density at radius 1 is 1.35 bits per heavy atom. The molecule has 2 rings (SSSR count). The van der Waals surface area contributed by atoms with Crippen LogP contribution in [-0.2, 0) is 9.59 Å². The Bertz CT molecular complexity index is 510. The highest BCUT2D eigenvalue weighted by atomic mass is 35.5. The first-order valence-corrected chi connectivity index (χ1v) is 7.14. The van der Waals surface area contributed by atoms with Crippen LogP contribution in [0.25, 0.3) is 0 Å². The van der Waals surface area contributed by atoms with Crippen molar-refractivity contribution in [1.82, 2.24) is 4.90 Å². The average Bonchev–Trinajstić information content (AvgIpc) is 2.46. The van der Waals surface area contributed by atoms with Crippen LogP contribution in [0.1, 0.15) is 31.2 Å². The summed E-state index contributed by atoms with van der Waals surface area (Å²) in [5.74, 6) is -1.30. The third-order valence-corrected chi connectivity index (χ3v) is 4.11.